The zero-order valence-electron chi connectivity index (χ0n) is 15.3. The van der Waals surface area contributed by atoms with Crippen LogP contribution in [0.1, 0.15) is 26.9 Å². The number of hydrogen-bond acceptors (Lipinski definition) is 5. The number of carbonyl (C=O) groups excluding carboxylic acids is 2. The van der Waals surface area contributed by atoms with Crippen LogP contribution < -0.4 is 62.4 Å². The maximum atomic E-state index is 12.3. The van der Waals surface area contributed by atoms with E-state index in [4.69, 9.17) is 5.73 Å². The molecule has 0 saturated carbocycles. The van der Waals surface area contributed by atoms with E-state index in [1.807, 2.05) is 6.07 Å². The van der Waals surface area contributed by atoms with Gasteiger partial charge in [-0.1, -0.05) is 30.3 Å². The van der Waals surface area contributed by atoms with Gasteiger partial charge in [-0.25, -0.2) is 4.79 Å². The first-order valence-corrected chi connectivity index (χ1v) is 8.45. The molecule has 1 aromatic carbocycles. The molecule has 2 aliphatic heterocycles. The number of rotatable bonds is 4. The standard InChI is InChI=1S/C16H19N3O4S.K.H/c1-16(2)11(15(22)23)19-13(21)10(14(19)24-16)18-12(20)9(17)8-6-4-3-5-7-8;;/h3-7,9-11,14H,17H2,1-2H3,(H,18,20)(H,22,23);;/q;+1;-1/t9-,10-,11+,14-;;/m1../s1. The third-order valence-electron chi connectivity index (χ3n) is 4.41. The molecule has 2 amide bonds. The molecule has 0 bridgehead atoms. The van der Waals surface area contributed by atoms with E-state index in [-0.39, 0.29) is 64.1 Å². The van der Waals surface area contributed by atoms with E-state index in [1.54, 1.807) is 38.1 Å². The Bertz CT molecular complexity index is 706. The fourth-order valence-electron chi connectivity index (χ4n) is 3.20. The number of carbonyl (C=O) groups is 3. The van der Waals surface area contributed by atoms with Crippen LogP contribution in [0.15, 0.2) is 30.3 Å². The van der Waals surface area contributed by atoms with Gasteiger partial charge in [-0.05, 0) is 19.4 Å². The van der Waals surface area contributed by atoms with Crippen molar-refractivity contribution in [3.8, 4) is 0 Å². The van der Waals surface area contributed by atoms with Crippen molar-refractivity contribution in [2.24, 2.45) is 5.73 Å². The van der Waals surface area contributed by atoms with Crippen LogP contribution in [0.25, 0.3) is 0 Å². The summed E-state index contributed by atoms with van der Waals surface area (Å²) in [6.07, 6.45) is 0. The first-order chi connectivity index (χ1) is 11.2. The van der Waals surface area contributed by atoms with Gasteiger partial charge in [-0.15, -0.1) is 11.8 Å². The Morgan fingerprint density at radius 3 is 2.52 bits per heavy atom. The Balaban J connectivity index is 0.00000169. The molecule has 3 rings (SSSR count). The largest absolute Gasteiger partial charge is 1.00 e. The summed E-state index contributed by atoms with van der Waals surface area (Å²) in [4.78, 5) is 37.5. The summed E-state index contributed by atoms with van der Waals surface area (Å²) in [7, 11) is 0. The summed E-state index contributed by atoms with van der Waals surface area (Å²) in [5.41, 5.74) is 6.59. The minimum atomic E-state index is -1.03. The van der Waals surface area contributed by atoms with E-state index in [2.05, 4.69) is 5.32 Å². The van der Waals surface area contributed by atoms with Gasteiger partial charge >= 0.3 is 57.4 Å². The number of carboxylic acid groups (broad SMARTS) is 1. The second-order valence-corrected chi connectivity index (χ2v) is 8.24. The summed E-state index contributed by atoms with van der Waals surface area (Å²) in [5, 5.41) is 11.7. The number of nitrogens with two attached hydrogens (primary N) is 1. The number of nitrogens with zero attached hydrogens (tertiary/aromatic N) is 1. The van der Waals surface area contributed by atoms with E-state index in [0.717, 1.165) is 0 Å². The normalized spacial score (nSPS) is 27.6. The van der Waals surface area contributed by atoms with Gasteiger partial charge in [0.15, 0.2) is 0 Å². The number of amides is 2. The van der Waals surface area contributed by atoms with Crippen molar-refractivity contribution >= 4 is 29.5 Å². The molecule has 2 saturated heterocycles. The van der Waals surface area contributed by atoms with Crippen molar-refractivity contribution < 1.29 is 72.3 Å². The maximum Gasteiger partial charge on any atom is 1.00 e. The topological polar surface area (TPSA) is 113 Å². The van der Waals surface area contributed by atoms with Crippen LogP contribution in [0.3, 0.4) is 0 Å². The predicted octanol–water partition coefficient (Wildman–Crippen LogP) is -2.57. The summed E-state index contributed by atoms with van der Waals surface area (Å²) < 4.78 is -0.618. The van der Waals surface area contributed by atoms with E-state index in [0.29, 0.717) is 5.56 Å². The Morgan fingerprint density at radius 1 is 1.36 bits per heavy atom. The fourth-order valence-corrected chi connectivity index (χ4v) is 4.83. The number of hydrogen-bond donors (Lipinski definition) is 3. The molecule has 4 atom stereocenters. The number of aliphatic carboxylic acids is 1. The van der Waals surface area contributed by atoms with Crippen molar-refractivity contribution in [2.45, 2.75) is 42.1 Å². The van der Waals surface area contributed by atoms with Crippen molar-refractivity contribution in [3.05, 3.63) is 35.9 Å². The zero-order chi connectivity index (χ0) is 17.6. The van der Waals surface area contributed by atoms with Gasteiger partial charge in [0.25, 0.3) is 0 Å². The van der Waals surface area contributed by atoms with Gasteiger partial charge in [0.2, 0.25) is 11.8 Å². The molecule has 0 aromatic heterocycles. The number of carboxylic acids is 1. The molecule has 0 unspecified atom stereocenters. The van der Waals surface area contributed by atoms with Gasteiger partial charge in [-0.2, -0.15) is 0 Å². The molecule has 9 heteroatoms. The average Bonchev–Trinajstić information content (AvgIpc) is 2.80. The molecule has 1 aromatic rings. The first-order valence-electron chi connectivity index (χ1n) is 7.58. The van der Waals surface area contributed by atoms with E-state index in [1.165, 1.54) is 16.7 Å². The minimum absolute atomic E-state index is 0. The van der Waals surface area contributed by atoms with E-state index in [9.17, 15) is 19.5 Å². The van der Waals surface area contributed by atoms with Crippen LogP contribution in [0, 0.1) is 0 Å². The monoisotopic (exact) mass is 389 g/mol. The molecule has 2 fully saturated rings. The Labute approximate surface area is 194 Å². The van der Waals surface area contributed by atoms with E-state index < -0.39 is 34.7 Å². The molecular weight excluding hydrogens is 369 g/mol. The molecule has 25 heavy (non-hydrogen) atoms. The number of fused-ring (bicyclic) bond motifs is 1. The van der Waals surface area contributed by atoms with Crippen molar-refractivity contribution in [3.63, 3.8) is 0 Å². The Kier molecular flexibility index (Phi) is 6.41. The molecule has 130 valence electrons. The van der Waals surface area contributed by atoms with Crippen LogP contribution in [0.4, 0.5) is 0 Å². The molecule has 0 spiro atoms. The van der Waals surface area contributed by atoms with Gasteiger partial charge in [0.1, 0.15) is 23.5 Å². The smallest absolute Gasteiger partial charge is 1.00 e. The van der Waals surface area contributed by atoms with Gasteiger partial charge in [0, 0.05) is 4.75 Å². The van der Waals surface area contributed by atoms with Crippen LogP contribution >= 0.6 is 11.8 Å². The molecule has 2 aliphatic rings. The number of β-lactam (4-membered cyclic amide) rings is 1. The van der Waals surface area contributed by atoms with Crippen molar-refractivity contribution in [1.29, 1.82) is 0 Å². The van der Waals surface area contributed by atoms with Gasteiger partial charge in [0.05, 0.1) is 0 Å². The number of nitrogens with one attached hydrogen (secondary N) is 1. The summed E-state index contributed by atoms with van der Waals surface area (Å²) >= 11 is 1.38. The van der Waals surface area contributed by atoms with Crippen LogP contribution in [0.5, 0.6) is 0 Å². The summed E-state index contributed by atoms with van der Waals surface area (Å²) in [6, 6.07) is 6.38. The summed E-state index contributed by atoms with van der Waals surface area (Å²) in [6.45, 7) is 3.58. The molecule has 4 N–H and O–H groups in total. The molecule has 7 nitrogen and oxygen atoms in total. The second-order valence-electron chi connectivity index (χ2n) is 6.47. The number of thioether (sulfide) groups is 1. The predicted molar refractivity (Wildman–Crippen MR) is 90.1 cm³/mol. The van der Waals surface area contributed by atoms with Crippen molar-refractivity contribution in [2.75, 3.05) is 0 Å². The minimum Gasteiger partial charge on any atom is -1.00 e. The third-order valence-corrected chi connectivity index (χ3v) is 5.99. The van der Waals surface area contributed by atoms with E-state index >= 15 is 0 Å². The van der Waals surface area contributed by atoms with Crippen LogP contribution in [-0.2, 0) is 14.4 Å². The average molecular weight is 390 g/mol. The second kappa shape index (κ2) is 7.67. The fraction of sp³-hybridized carbons (Fsp3) is 0.438. The zero-order valence-corrected chi connectivity index (χ0v) is 18.2. The maximum absolute atomic E-state index is 12.3. The van der Waals surface area contributed by atoms with Gasteiger partial charge < -0.3 is 22.5 Å². The van der Waals surface area contributed by atoms with Crippen LogP contribution in [-0.4, -0.2) is 50.0 Å². The quantitative estimate of drug-likeness (QED) is 0.386. The molecular formula is C16H20KN3O4S. The van der Waals surface area contributed by atoms with Crippen LogP contribution in [0.2, 0.25) is 0 Å². The van der Waals surface area contributed by atoms with Gasteiger partial charge in [-0.3, -0.25) is 9.59 Å². The van der Waals surface area contributed by atoms with Crippen molar-refractivity contribution in [1.82, 2.24) is 10.2 Å². The Morgan fingerprint density at radius 2 is 1.96 bits per heavy atom. The Hall–Kier alpha value is -0.424. The summed E-state index contributed by atoms with van der Waals surface area (Å²) in [5.74, 6) is -1.86. The molecule has 2 heterocycles. The molecule has 0 aliphatic carbocycles. The number of benzene rings is 1. The third kappa shape index (κ3) is 3.68. The SMILES string of the molecule is CC1(C)S[C@@H]2[C@H](NC(=O)[C@H](N)c3ccccc3)C(=O)N2[C@H]1C(=O)O.[H-].[K+]. The first kappa shape index (κ1) is 20.9. The molecule has 0 radical (unpaired) electrons.